The van der Waals surface area contributed by atoms with Crippen molar-refractivity contribution in [2.75, 3.05) is 0 Å². The van der Waals surface area contributed by atoms with Crippen molar-refractivity contribution in [1.29, 1.82) is 0 Å². The van der Waals surface area contributed by atoms with Gasteiger partial charge < -0.3 is 10.1 Å². The Hall–Kier alpha value is -1.28. The highest BCUT2D eigenvalue weighted by Gasteiger charge is 2.37. The molecule has 0 amide bonds. The molecule has 90 valence electrons. The van der Waals surface area contributed by atoms with Gasteiger partial charge in [-0.05, 0) is 54.3 Å². The lowest BCUT2D eigenvalue weighted by Crippen LogP contribution is -2.21. The molecular formula is C15H19NO. The molecule has 1 aromatic heterocycles. The number of rotatable bonds is 2. The van der Waals surface area contributed by atoms with Gasteiger partial charge in [-0.1, -0.05) is 19.4 Å². The maximum Gasteiger partial charge on any atom is 0.0899 e. The fourth-order valence-electron chi connectivity index (χ4n) is 3.08. The first-order valence-corrected chi connectivity index (χ1v) is 6.51. The molecule has 1 aliphatic rings. The van der Waals surface area contributed by atoms with Crippen molar-refractivity contribution in [2.45, 2.75) is 38.2 Å². The molecule has 1 fully saturated rings. The van der Waals surface area contributed by atoms with Crippen molar-refractivity contribution in [2.24, 2.45) is 5.92 Å². The van der Waals surface area contributed by atoms with Crippen LogP contribution in [0.25, 0.3) is 10.9 Å². The Kier molecular flexibility index (Phi) is 2.48. The van der Waals surface area contributed by atoms with Crippen LogP contribution in [0.3, 0.4) is 0 Å². The molecule has 2 atom stereocenters. The number of hydrogen-bond donors (Lipinski definition) is 2. The Bertz CT molecular complexity index is 530. The molecule has 17 heavy (non-hydrogen) atoms. The van der Waals surface area contributed by atoms with Gasteiger partial charge in [0, 0.05) is 11.7 Å². The number of aromatic nitrogens is 1. The summed E-state index contributed by atoms with van der Waals surface area (Å²) in [6.45, 7) is 2.21. The van der Waals surface area contributed by atoms with Gasteiger partial charge in [-0.2, -0.15) is 0 Å². The van der Waals surface area contributed by atoms with Crippen LogP contribution < -0.4 is 0 Å². The highest BCUT2D eigenvalue weighted by molar-refractivity contribution is 5.80. The Labute approximate surface area is 102 Å². The van der Waals surface area contributed by atoms with Gasteiger partial charge in [0.1, 0.15) is 0 Å². The third-order valence-corrected chi connectivity index (χ3v) is 4.26. The van der Waals surface area contributed by atoms with Gasteiger partial charge in [-0.15, -0.1) is 0 Å². The molecule has 2 nitrogen and oxygen atoms in total. The average molecular weight is 229 g/mol. The lowest BCUT2D eigenvalue weighted by atomic mass is 9.90. The summed E-state index contributed by atoms with van der Waals surface area (Å²) in [7, 11) is 0. The molecule has 1 aliphatic carbocycles. The molecule has 0 saturated heterocycles. The molecule has 1 aromatic carbocycles. The molecule has 1 heterocycles. The van der Waals surface area contributed by atoms with E-state index in [1.165, 1.54) is 11.8 Å². The predicted octanol–water partition coefficient (Wildman–Crippen LogP) is 3.57. The van der Waals surface area contributed by atoms with E-state index in [0.717, 1.165) is 30.3 Å². The van der Waals surface area contributed by atoms with Crippen LogP contribution in [0.1, 0.15) is 38.2 Å². The molecule has 2 aromatic rings. The van der Waals surface area contributed by atoms with Gasteiger partial charge in [0.15, 0.2) is 0 Å². The zero-order chi connectivity index (χ0) is 11.9. The number of fused-ring (bicyclic) bond motifs is 1. The first-order valence-electron chi connectivity index (χ1n) is 6.51. The maximum atomic E-state index is 10.8. The topological polar surface area (TPSA) is 36.0 Å². The van der Waals surface area contributed by atoms with Gasteiger partial charge in [0.25, 0.3) is 0 Å². The molecule has 0 bridgehead atoms. The van der Waals surface area contributed by atoms with E-state index in [0.29, 0.717) is 5.92 Å². The Balaban J connectivity index is 1.97. The second-order valence-corrected chi connectivity index (χ2v) is 5.33. The molecule has 1 saturated carbocycles. The summed E-state index contributed by atoms with van der Waals surface area (Å²) in [4.78, 5) is 3.19. The number of benzene rings is 1. The lowest BCUT2D eigenvalue weighted by molar-refractivity contribution is 0.0399. The van der Waals surface area contributed by atoms with Crippen molar-refractivity contribution in [3.63, 3.8) is 0 Å². The molecular weight excluding hydrogens is 210 g/mol. The Morgan fingerprint density at radius 1 is 1.41 bits per heavy atom. The van der Waals surface area contributed by atoms with Crippen molar-refractivity contribution in [3.8, 4) is 0 Å². The number of aromatic amines is 1. The van der Waals surface area contributed by atoms with Crippen LogP contribution >= 0.6 is 0 Å². The van der Waals surface area contributed by atoms with Gasteiger partial charge >= 0.3 is 0 Å². The fraction of sp³-hybridized carbons (Fsp3) is 0.467. The zero-order valence-electron chi connectivity index (χ0n) is 10.2. The number of nitrogens with one attached hydrogen (secondary N) is 1. The summed E-state index contributed by atoms with van der Waals surface area (Å²) in [5, 5.41) is 11.9. The van der Waals surface area contributed by atoms with Crippen LogP contribution in [0.4, 0.5) is 0 Å². The highest BCUT2D eigenvalue weighted by Crippen LogP contribution is 2.43. The van der Waals surface area contributed by atoms with E-state index < -0.39 is 5.60 Å². The zero-order valence-corrected chi connectivity index (χ0v) is 10.2. The molecule has 0 radical (unpaired) electrons. The molecule has 0 aliphatic heterocycles. The summed E-state index contributed by atoms with van der Waals surface area (Å²) in [5.41, 5.74) is 1.63. The normalized spacial score (nSPS) is 28.9. The van der Waals surface area contributed by atoms with E-state index in [1.54, 1.807) is 0 Å². The second kappa shape index (κ2) is 3.88. The second-order valence-electron chi connectivity index (χ2n) is 5.33. The molecule has 2 N–H and O–H groups in total. The van der Waals surface area contributed by atoms with Gasteiger partial charge in [0.05, 0.1) is 5.60 Å². The van der Waals surface area contributed by atoms with Gasteiger partial charge in [-0.3, -0.25) is 0 Å². The number of hydrogen-bond acceptors (Lipinski definition) is 1. The SMILES string of the molecule is CCC1CCC(O)(c2ccc3[nH]ccc3c2)C1. The molecule has 2 heteroatoms. The van der Waals surface area contributed by atoms with Crippen molar-refractivity contribution in [3.05, 3.63) is 36.0 Å². The minimum absolute atomic E-state index is 0.591. The average Bonchev–Trinajstić information content (AvgIpc) is 2.94. The Morgan fingerprint density at radius 3 is 3.06 bits per heavy atom. The van der Waals surface area contributed by atoms with Crippen LogP contribution in [0.15, 0.2) is 30.5 Å². The van der Waals surface area contributed by atoms with E-state index >= 15 is 0 Å². The van der Waals surface area contributed by atoms with Gasteiger partial charge in [0.2, 0.25) is 0 Å². The summed E-state index contributed by atoms with van der Waals surface area (Å²) < 4.78 is 0. The standard InChI is InChI=1S/C15H19NO/c1-2-11-5-7-15(17,10-11)13-3-4-14-12(9-13)6-8-16-14/h3-4,6,8-9,11,16-17H,2,5,7,10H2,1H3. The van der Waals surface area contributed by atoms with Crippen molar-refractivity contribution < 1.29 is 5.11 Å². The van der Waals surface area contributed by atoms with E-state index in [2.05, 4.69) is 36.2 Å². The predicted molar refractivity (Wildman–Crippen MR) is 69.8 cm³/mol. The number of H-pyrrole nitrogens is 1. The van der Waals surface area contributed by atoms with Crippen molar-refractivity contribution >= 4 is 10.9 Å². The van der Waals surface area contributed by atoms with E-state index in [-0.39, 0.29) is 0 Å². The lowest BCUT2D eigenvalue weighted by Gasteiger charge is -2.23. The minimum atomic E-state index is -0.591. The third-order valence-electron chi connectivity index (χ3n) is 4.26. The summed E-state index contributed by atoms with van der Waals surface area (Å²) in [6.07, 6.45) is 6.09. The first kappa shape index (κ1) is 10.8. The smallest absolute Gasteiger partial charge is 0.0899 e. The summed E-state index contributed by atoms with van der Waals surface area (Å²) in [6, 6.07) is 8.33. The number of aliphatic hydroxyl groups is 1. The van der Waals surface area contributed by atoms with Crippen LogP contribution in [-0.2, 0) is 5.60 Å². The molecule has 0 spiro atoms. The first-order chi connectivity index (χ1) is 8.21. The van der Waals surface area contributed by atoms with E-state index in [9.17, 15) is 5.11 Å². The van der Waals surface area contributed by atoms with Crippen LogP contribution in [-0.4, -0.2) is 10.1 Å². The van der Waals surface area contributed by atoms with E-state index in [4.69, 9.17) is 0 Å². The summed E-state index contributed by atoms with van der Waals surface area (Å²) >= 11 is 0. The van der Waals surface area contributed by atoms with Crippen molar-refractivity contribution in [1.82, 2.24) is 4.98 Å². The highest BCUT2D eigenvalue weighted by atomic mass is 16.3. The quantitative estimate of drug-likeness (QED) is 0.811. The maximum absolute atomic E-state index is 10.8. The van der Waals surface area contributed by atoms with Crippen LogP contribution in [0, 0.1) is 5.92 Å². The monoisotopic (exact) mass is 229 g/mol. The molecule has 2 unspecified atom stereocenters. The van der Waals surface area contributed by atoms with Gasteiger partial charge in [-0.25, -0.2) is 0 Å². The third kappa shape index (κ3) is 1.77. The largest absolute Gasteiger partial charge is 0.385 e. The molecule has 3 rings (SSSR count). The summed E-state index contributed by atoms with van der Waals surface area (Å²) in [5.74, 6) is 0.682. The fourth-order valence-corrected chi connectivity index (χ4v) is 3.08. The van der Waals surface area contributed by atoms with E-state index in [1.807, 2.05) is 6.20 Å². The van der Waals surface area contributed by atoms with Crippen LogP contribution in [0.2, 0.25) is 0 Å². The Morgan fingerprint density at radius 2 is 2.29 bits per heavy atom. The van der Waals surface area contributed by atoms with Crippen LogP contribution in [0.5, 0.6) is 0 Å². The minimum Gasteiger partial charge on any atom is -0.385 e.